The summed E-state index contributed by atoms with van der Waals surface area (Å²) in [5.41, 5.74) is 7.41. The van der Waals surface area contributed by atoms with Crippen LogP contribution in [0.2, 0.25) is 0 Å². The van der Waals surface area contributed by atoms with Crippen LogP contribution in [0.15, 0.2) is 18.5 Å². The first-order valence-corrected chi connectivity index (χ1v) is 4.02. The lowest BCUT2D eigenvalue weighted by Gasteiger charge is -2.18. The zero-order chi connectivity index (χ0) is 8.55. The van der Waals surface area contributed by atoms with Gasteiger partial charge in [0.1, 0.15) is 0 Å². The number of ketones is 1. The third-order valence-electron chi connectivity index (χ3n) is 2.23. The van der Waals surface area contributed by atoms with Gasteiger partial charge in [0.05, 0.1) is 6.04 Å². The largest absolute Gasteiger partial charge is 0.321 e. The van der Waals surface area contributed by atoms with Gasteiger partial charge in [-0.3, -0.25) is 9.78 Å². The number of aromatic nitrogens is 1. The molecule has 0 saturated heterocycles. The summed E-state index contributed by atoms with van der Waals surface area (Å²) >= 11 is 0. The van der Waals surface area contributed by atoms with Crippen molar-refractivity contribution in [1.29, 1.82) is 0 Å². The highest BCUT2D eigenvalue weighted by Crippen LogP contribution is 2.18. The Morgan fingerprint density at radius 2 is 2.42 bits per heavy atom. The minimum atomic E-state index is -0.306. The summed E-state index contributed by atoms with van der Waals surface area (Å²) in [6.45, 7) is 0. The second kappa shape index (κ2) is 2.68. The number of rotatable bonds is 0. The highest BCUT2D eigenvalue weighted by molar-refractivity contribution is 6.02. The van der Waals surface area contributed by atoms with Gasteiger partial charge in [0.25, 0.3) is 0 Å². The standard InChI is InChI=1S/C9H10N2O/c10-8-2-1-6-5-11-4-3-7(6)9(8)12/h3-5,8H,1-2,10H2/t8-/m0/s1. The molecule has 1 heterocycles. The van der Waals surface area contributed by atoms with E-state index in [0.717, 1.165) is 24.0 Å². The molecule has 1 aliphatic carbocycles. The van der Waals surface area contributed by atoms with Gasteiger partial charge in [-0.1, -0.05) is 0 Å². The number of aryl methyl sites for hydroxylation is 1. The second-order valence-corrected chi connectivity index (χ2v) is 3.04. The monoisotopic (exact) mass is 162 g/mol. The summed E-state index contributed by atoms with van der Waals surface area (Å²) in [7, 11) is 0. The van der Waals surface area contributed by atoms with Crippen LogP contribution in [0.4, 0.5) is 0 Å². The van der Waals surface area contributed by atoms with Crippen LogP contribution in [0.5, 0.6) is 0 Å². The number of fused-ring (bicyclic) bond motifs is 1. The molecule has 0 saturated carbocycles. The van der Waals surface area contributed by atoms with E-state index in [1.807, 2.05) is 0 Å². The summed E-state index contributed by atoms with van der Waals surface area (Å²) in [5.74, 6) is 0.0543. The first-order valence-electron chi connectivity index (χ1n) is 4.02. The molecule has 2 N–H and O–H groups in total. The molecule has 3 nitrogen and oxygen atoms in total. The number of nitrogens with zero attached hydrogens (tertiary/aromatic N) is 1. The van der Waals surface area contributed by atoms with Gasteiger partial charge in [0, 0.05) is 18.0 Å². The molecule has 2 rings (SSSR count). The summed E-state index contributed by atoms with van der Waals surface area (Å²) in [6.07, 6.45) is 5.00. The molecular formula is C9H10N2O. The van der Waals surface area contributed by atoms with Crippen LogP contribution in [0.3, 0.4) is 0 Å². The zero-order valence-electron chi connectivity index (χ0n) is 6.66. The van der Waals surface area contributed by atoms with E-state index in [1.54, 1.807) is 18.5 Å². The predicted octanol–water partition coefficient (Wildman–Crippen LogP) is 0.538. The van der Waals surface area contributed by atoms with Crippen LogP contribution in [0.1, 0.15) is 22.3 Å². The molecule has 0 bridgehead atoms. The molecule has 0 spiro atoms. The van der Waals surface area contributed by atoms with Crippen LogP contribution in [-0.2, 0) is 6.42 Å². The Kier molecular flexibility index (Phi) is 1.66. The fourth-order valence-electron chi connectivity index (χ4n) is 1.51. The van der Waals surface area contributed by atoms with Crippen LogP contribution in [0.25, 0.3) is 0 Å². The third-order valence-corrected chi connectivity index (χ3v) is 2.23. The second-order valence-electron chi connectivity index (χ2n) is 3.04. The molecule has 0 fully saturated rings. The van der Waals surface area contributed by atoms with Crippen LogP contribution >= 0.6 is 0 Å². The van der Waals surface area contributed by atoms with Crippen molar-refractivity contribution in [2.75, 3.05) is 0 Å². The maximum atomic E-state index is 11.5. The van der Waals surface area contributed by atoms with Gasteiger partial charge >= 0.3 is 0 Å². The fourth-order valence-corrected chi connectivity index (χ4v) is 1.51. The van der Waals surface area contributed by atoms with Gasteiger partial charge in [-0.05, 0) is 24.5 Å². The summed E-state index contributed by atoms with van der Waals surface area (Å²) in [6, 6.07) is 1.44. The van der Waals surface area contributed by atoms with E-state index in [1.165, 1.54) is 0 Å². The van der Waals surface area contributed by atoms with E-state index in [9.17, 15) is 4.79 Å². The molecule has 0 unspecified atom stereocenters. The molecule has 3 heteroatoms. The number of pyridine rings is 1. The molecule has 1 aromatic heterocycles. The van der Waals surface area contributed by atoms with Crippen molar-refractivity contribution in [1.82, 2.24) is 4.98 Å². The molecule has 0 amide bonds. The van der Waals surface area contributed by atoms with Crippen molar-refractivity contribution in [3.05, 3.63) is 29.6 Å². The molecule has 12 heavy (non-hydrogen) atoms. The molecular weight excluding hydrogens is 152 g/mol. The van der Waals surface area contributed by atoms with Gasteiger partial charge in [0.15, 0.2) is 5.78 Å². The van der Waals surface area contributed by atoms with E-state index in [4.69, 9.17) is 5.73 Å². The Bertz CT molecular complexity index is 322. The number of carbonyl (C=O) groups is 1. The van der Waals surface area contributed by atoms with E-state index in [-0.39, 0.29) is 11.8 Å². The van der Waals surface area contributed by atoms with Crippen LogP contribution in [0, 0.1) is 0 Å². The highest BCUT2D eigenvalue weighted by Gasteiger charge is 2.23. The Labute approximate surface area is 70.6 Å². The molecule has 1 aromatic rings. The van der Waals surface area contributed by atoms with Crippen molar-refractivity contribution >= 4 is 5.78 Å². The number of Topliss-reactive ketones (excluding diaryl/α,β-unsaturated/α-hetero) is 1. The smallest absolute Gasteiger partial charge is 0.179 e. The van der Waals surface area contributed by atoms with Crippen LogP contribution < -0.4 is 5.73 Å². The van der Waals surface area contributed by atoms with Gasteiger partial charge in [-0.15, -0.1) is 0 Å². The topological polar surface area (TPSA) is 56.0 Å². The molecule has 62 valence electrons. The maximum Gasteiger partial charge on any atom is 0.179 e. The zero-order valence-corrected chi connectivity index (χ0v) is 6.66. The maximum absolute atomic E-state index is 11.5. The lowest BCUT2D eigenvalue weighted by Crippen LogP contribution is -2.35. The number of hydrogen-bond acceptors (Lipinski definition) is 3. The van der Waals surface area contributed by atoms with E-state index >= 15 is 0 Å². The van der Waals surface area contributed by atoms with Crippen LogP contribution in [-0.4, -0.2) is 16.8 Å². The van der Waals surface area contributed by atoms with Gasteiger partial charge in [-0.2, -0.15) is 0 Å². The van der Waals surface area contributed by atoms with Crippen molar-refractivity contribution in [3.8, 4) is 0 Å². The van der Waals surface area contributed by atoms with Crippen molar-refractivity contribution in [2.24, 2.45) is 5.73 Å². The van der Waals surface area contributed by atoms with Gasteiger partial charge in [-0.25, -0.2) is 0 Å². The lowest BCUT2D eigenvalue weighted by atomic mass is 9.89. The Morgan fingerprint density at radius 1 is 1.58 bits per heavy atom. The fraction of sp³-hybridized carbons (Fsp3) is 0.333. The predicted molar refractivity (Wildman–Crippen MR) is 44.9 cm³/mol. The van der Waals surface area contributed by atoms with Crippen molar-refractivity contribution in [2.45, 2.75) is 18.9 Å². The minimum Gasteiger partial charge on any atom is -0.321 e. The van der Waals surface area contributed by atoms with E-state index in [2.05, 4.69) is 4.98 Å². The molecule has 0 aliphatic heterocycles. The quantitative estimate of drug-likeness (QED) is 0.605. The van der Waals surface area contributed by atoms with E-state index < -0.39 is 0 Å². The number of carbonyl (C=O) groups excluding carboxylic acids is 1. The van der Waals surface area contributed by atoms with Gasteiger partial charge in [0.2, 0.25) is 0 Å². The normalized spacial score (nSPS) is 22.1. The van der Waals surface area contributed by atoms with Gasteiger partial charge < -0.3 is 5.73 Å². The van der Waals surface area contributed by atoms with E-state index in [0.29, 0.717) is 0 Å². The number of hydrogen-bond donors (Lipinski definition) is 1. The lowest BCUT2D eigenvalue weighted by molar-refractivity contribution is 0.0948. The molecule has 0 aromatic carbocycles. The Morgan fingerprint density at radius 3 is 3.25 bits per heavy atom. The first kappa shape index (κ1) is 7.43. The van der Waals surface area contributed by atoms with Crippen molar-refractivity contribution < 1.29 is 4.79 Å². The summed E-state index contributed by atoms with van der Waals surface area (Å²) in [4.78, 5) is 15.4. The molecule has 1 aliphatic rings. The minimum absolute atomic E-state index is 0.0543. The molecule has 0 radical (unpaired) electrons. The first-order chi connectivity index (χ1) is 5.79. The Hall–Kier alpha value is -1.22. The summed E-state index contributed by atoms with van der Waals surface area (Å²) < 4.78 is 0. The average Bonchev–Trinajstić information content (AvgIpc) is 2.12. The SMILES string of the molecule is N[C@H]1CCc2cnccc2C1=O. The van der Waals surface area contributed by atoms with Crippen molar-refractivity contribution in [3.63, 3.8) is 0 Å². The highest BCUT2D eigenvalue weighted by atomic mass is 16.1. The number of nitrogens with two attached hydrogens (primary N) is 1. The average molecular weight is 162 g/mol. The Balaban J connectivity index is 2.49. The molecule has 1 atom stereocenters. The summed E-state index contributed by atoms with van der Waals surface area (Å²) in [5, 5.41) is 0. The third kappa shape index (κ3) is 1.02.